The first-order chi connectivity index (χ1) is 9.19. The van der Waals surface area contributed by atoms with E-state index in [1.165, 1.54) is 0 Å². The Balaban J connectivity index is 2.05. The third-order valence-corrected chi connectivity index (χ3v) is 2.93. The van der Waals surface area contributed by atoms with Crippen LogP contribution in [-0.2, 0) is 13.2 Å². The number of thiocarbonyl (C=S) groups is 1. The van der Waals surface area contributed by atoms with Gasteiger partial charge in [-0.15, -0.1) is 0 Å². The highest BCUT2D eigenvalue weighted by Crippen LogP contribution is 2.15. The molecule has 0 saturated heterocycles. The number of benzene rings is 2. The summed E-state index contributed by atoms with van der Waals surface area (Å²) >= 11 is 4.94. The Morgan fingerprint density at radius 2 is 1.84 bits per heavy atom. The average Bonchev–Trinajstić information content (AvgIpc) is 2.45. The van der Waals surface area contributed by atoms with Gasteiger partial charge in [0.2, 0.25) is 0 Å². The lowest BCUT2D eigenvalue weighted by molar-refractivity contribution is 0.278. The molecule has 0 spiro atoms. The summed E-state index contributed by atoms with van der Waals surface area (Å²) in [6.07, 6.45) is 0. The fourth-order valence-electron chi connectivity index (χ4n) is 1.71. The lowest BCUT2D eigenvalue weighted by atomic mass is 10.1. The zero-order chi connectivity index (χ0) is 13.7. The Morgan fingerprint density at radius 3 is 2.58 bits per heavy atom. The number of hydrogen-bond acceptors (Lipinski definition) is 3. The highest BCUT2D eigenvalue weighted by Gasteiger charge is 2.00. The van der Waals surface area contributed by atoms with E-state index in [9.17, 15) is 0 Å². The van der Waals surface area contributed by atoms with Gasteiger partial charge in [0, 0.05) is 5.56 Å². The first kappa shape index (κ1) is 13.5. The molecule has 0 aliphatic rings. The quantitative estimate of drug-likeness (QED) is 0.821. The molecule has 0 amide bonds. The first-order valence-corrected chi connectivity index (χ1v) is 6.31. The molecule has 0 aliphatic heterocycles. The van der Waals surface area contributed by atoms with Crippen molar-refractivity contribution in [1.82, 2.24) is 0 Å². The smallest absolute Gasteiger partial charge is 0.120 e. The van der Waals surface area contributed by atoms with E-state index in [0.29, 0.717) is 11.6 Å². The van der Waals surface area contributed by atoms with Crippen molar-refractivity contribution in [3.8, 4) is 5.75 Å². The van der Waals surface area contributed by atoms with Crippen LogP contribution in [0.5, 0.6) is 5.75 Å². The molecule has 0 radical (unpaired) electrons. The Hall–Kier alpha value is -1.91. The molecule has 0 fully saturated rings. The average molecular weight is 273 g/mol. The second-order valence-corrected chi connectivity index (χ2v) is 4.60. The number of nitrogens with two attached hydrogens (primary N) is 1. The van der Waals surface area contributed by atoms with Crippen molar-refractivity contribution in [3.05, 3.63) is 65.2 Å². The maximum absolute atomic E-state index is 9.06. The predicted octanol–water partition coefficient (Wildman–Crippen LogP) is 2.39. The van der Waals surface area contributed by atoms with E-state index in [-0.39, 0.29) is 6.61 Å². The molecule has 0 unspecified atom stereocenters. The van der Waals surface area contributed by atoms with Crippen LogP contribution < -0.4 is 10.5 Å². The van der Waals surface area contributed by atoms with Crippen LogP contribution in [0, 0.1) is 0 Å². The van der Waals surface area contributed by atoms with Crippen LogP contribution in [0.1, 0.15) is 16.7 Å². The molecule has 0 aliphatic carbocycles. The molecule has 0 aromatic heterocycles. The van der Waals surface area contributed by atoms with E-state index in [1.54, 1.807) is 0 Å². The van der Waals surface area contributed by atoms with Crippen molar-refractivity contribution >= 4 is 17.2 Å². The van der Waals surface area contributed by atoms with Gasteiger partial charge in [-0.2, -0.15) is 0 Å². The number of ether oxygens (including phenoxy) is 1. The van der Waals surface area contributed by atoms with Crippen LogP contribution in [0.3, 0.4) is 0 Å². The normalized spacial score (nSPS) is 10.2. The van der Waals surface area contributed by atoms with Gasteiger partial charge >= 0.3 is 0 Å². The Labute approximate surface area is 117 Å². The molecular weight excluding hydrogens is 258 g/mol. The van der Waals surface area contributed by atoms with Gasteiger partial charge in [0.15, 0.2) is 0 Å². The minimum atomic E-state index is 0.00806. The van der Waals surface area contributed by atoms with Crippen LogP contribution in [0.4, 0.5) is 0 Å². The molecule has 3 N–H and O–H groups in total. The summed E-state index contributed by atoms with van der Waals surface area (Å²) in [5, 5.41) is 9.06. The number of rotatable bonds is 5. The van der Waals surface area contributed by atoms with Crippen LogP contribution >= 0.6 is 12.2 Å². The third kappa shape index (κ3) is 3.77. The largest absolute Gasteiger partial charge is 0.489 e. The van der Waals surface area contributed by atoms with Gasteiger partial charge in [-0.1, -0.05) is 42.5 Å². The van der Waals surface area contributed by atoms with Crippen LogP contribution in [0.25, 0.3) is 0 Å². The lowest BCUT2D eigenvalue weighted by Crippen LogP contribution is -2.09. The monoisotopic (exact) mass is 273 g/mol. The Morgan fingerprint density at radius 1 is 1.11 bits per heavy atom. The second kappa shape index (κ2) is 6.31. The van der Waals surface area contributed by atoms with E-state index in [4.69, 9.17) is 27.8 Å². The highest BCUT2D eigenvalue weighted by atomic mass is 32.1. The van der Waals surface area contributed by atoms with Gasteiger partial charge in [0.25, 0.3) is 0 Å². The van der Waals surface area contributed by atoms with E-state index >= 15 is 0 Å². The number of aliphatic hydroxyl groups is 1. The number of aliphatic hydroxyl groups excluding tert-OH is 1. The van der Waals surface area contributed by atoms with Crippen molar-refractivity contribution < 1.29 is 9.84 Å². The highest BCUT2D eigenvalue weighted by molar-refractivity contribution is 7.80. The molecule has 0 bridgehead atoms. The molecule has 19 heavy (non-hydrogen) atoms. The van der Waals surface area contributed by atoms with E-state index < -0.39 is 0 Å². The summed E-state index contributed by atoms with van der Waals surface area (Å²) in [6, 6.07) is 15.0. The van der Waals surface area contributed by atoms with Gasteiger partial charge in [-0.25, -0.2) is 0 Å². The molecule has 4 heteroatoms. The van der Waals surface area contributed by atoms with Gasteiger partial charge in [-0.05, 0) is 29.3 Å². The molecule has 2 rings (SSSR count). The molecule has 2 aromatic carbocycles. The van der Waals surface area contributed by atoms with Crippen molar-refractivity contribution in [3.63, 3.8) is 0 Å². The van der Waals surface area contributed by atoms with Gasteiger partial charge < -0.3 is 15.6 Å². The standard InChI is InChI=1S/C15H15NO2S/c16-15(19)13-5-1-4-12(7-13)10-18-14-6-2-3-11(8-14)9-17/h1-8,17H,9-10H2,(H2,16,19). The van der Waals surface area contributed by atoms with E-state index in [0.717, 1.165) is 22.4 Å². The van der Waals surface area contributed by atoms with E-state index in [1.807, 2.05) is 48.5 Å². The molecule has 0 atom stereocenters. The zero-order valence-corrected chi connectivity index (χ0v) is 11.2. The maximum atomic E-state index is 9.06. The second-order valence-electron chi connectivity index (χ2n) is 4.16. The van der Waals surface area contributed by atoms with Gasteiger partial charge in [0.05, 0.1) is 6.61 Å². The van der Waals surface area contributed by atoms with Crippen LogP contribution in [-0.4, -0.2) is 10.1 Å². The first-order valence-electron chi connectivity index (χ1n) is 5.90. The summed E-state index contributed by atoms with van der Waals surface area (Å²) in [4.78, 5) is 0.379. The molecule has 0 saturated carbocycles. The molecule has 3 nitrogen and oxygen atoms in total. The molecule has 2 aromatic rings. The summed E-state index contributed by atoms with van der Waals surface area (Å²) in [5.41, 5.74) is 8.25. The van der Waals surface area contributed by atoms with Crippen LogP contribution in [0.15, 0.2) is 48.5 Å². The fraction of sp³-hybridized carbons (Fsp3) is 0.133. The number of hydrogen-bond donors (Lipinski definition) is 2. The SMILES string of the molecule is NC(=S)c1cccc(COc2cccc(CO)c2)c1. The van der Waals surface area contributed by atoms with Crippen molar-refractivity contribution in [2.24, 2.45) is 5.73 Å². The summed E-state index contributed by atoms with van der Waals surface area (Å²) in [5.74, 6) is 0.729. The topological polar surface area (TPSA) is 55.5 Å². The van der Waals surface area contributed by atoms with Crippen molar-refractivity contribution in [1.29, 1.82) is 0 Å². The lowest BCUT2D eigenvalue weighted by Gasteiger charge is -2.08. The van der Waals surface area contributed by atoms with Crippen molar-refractivity contribution in [2.75, 3.05) is 0 Å². The van der Waals surface area contributed by atoms with Gasteiger partial charge in [0.1, 0.15) is 17.3 Å². The summed E-state index contributed by atoms with van der Waals surface area (Å²) in [7, 11) is 0. The molecule has 98 valence electrons. The van der Waals surface area contributed by atoms with E-state index in [2.05, 4.69) is 0 Å². The Bertz CT molecular complexity index is 584. The summed E-state index contributed by atoms with van der Waals surface area (Å²) < 4.78 is 5.67. The van der Waals surface area contributed by atoms with Gasteiger partial charge in [-0.3, -0.25) is 0 Å². The minimum absolute atomic E-state index is 0.00806. The molecular formula is C15H15NO2S. The minimum Gasteiger partial charge on any atom is -0.489 e. The zero-order valence-electron chi connectivity index (χ0n) is 10.4. The third-order valence-electron chi connectivity index (χ3n) is 2.70. The summed E-state index contributed by atoms with van der Waals surface area (Å²) in [6.45, 7) is 0.444. The fourth-order valence-corrected chi connectivity index (χ4v) is 1.84. The Kier molecular flexibility index (Phi) is 4.49. The maximum Gasteiger partial charge on any atom is 0.120 e. The molecule has 0 heterocycles. The predicted molar refractivity (Wildman–Crippen MR) is 79.0 cm³/mol. The van der Waals surface area contributed by atoms with Crippen LogP contribution in [0.2, 0.25) is 0 Å². The van der Waals surface area contributed by atoms with Crippen molar-refractivity contribution in [2.45, 2.75) is 13.2 Å².